The first-order valence-electron chi connectivity index (χ1n) is 4.83. The lowest BCUT2D eigenvalue weighted by molar-refractivity contribution is 0.0950. The van der Waals surface area contributed by atoms with Crippen LogP contribution < -0.4 is 5.32 Å². The summed E-state index contributed by atoms with van der Waals surface area (Å²) in [5, 5.41) is 6.02. The van der Waals surface area contributed by atoms with E-state index >= 15 is 0 Å². The van der Waals surface area contributed by atoms with E-state index in [1.165, 1.54) is 7.05 Å². The van der Waals surface area contributed by atoms with Gasteiger partial charge in [0.05, 0.1) is 0 Å². The van der Waals surface area contributed by atoms with Crippen LogP contribution in [-0.2, 0) is 0 Å². The van der Waals surface area contributed by atoms with E-state index < -0.39 is 0 Å². The maximum Gasteiger partial charge on any atom is 0.292 e. The van der Waals surface area contributed by atoms with Gasteiger partial charge in [-0.05, 0) is 19.1 Å². The van der Waals surface area contributed by atoms with Crippen LogP contribution in [0.25, 0.3) is 11.5 Å². The predicted octanol–water partition coefficient (Wildman–Crippen LogP) is 1.40. The first kappa shape index (κ1) is 10.4. The number of rotatable bonds is 2. The molecule has 1 aromatic heterocycles. The number of carbonyl (C=O) groups excluding carboxylic acids is 1. The molecule has 2 rings (SSSR count). The molecule has 0 bridgehead atoms. The highest BCUT2D eigenvalue weighted by molar-refractivity contribution is 5.90. The third-order valence-electron chi connectivity index (χ3n) is 2.15. The molecule has 0 radical (unpaired) electrons. The number of amides is 1. The molecule has 0 aliphatic rings. The number of nitrogens with zero attached hydrogens (tertiary/aromatic N) is 2. The normalized spacial score (nSPS) is 10.1. The Morgan fingerprint density at radius 3 is 2.62 bits per heavy atom. The molecule has 0 atom stereocenters. The average molecular weight is 217 g/mol. The van der Waals surface area contributed by atoms with Gasteiger partial charge in [-0.2, -0.15) is 4.98 Å². The SMILES string of the molecule is CNC(=O)c1noc(-c2ccc(C)cc2)n1. The van der Waals surface area contributed by atoms with Crippen molar-refractivity contribution in [2.45, 2.75) is 6.92 Å². The fourth-order valence-electron chi connectivity index (χ4n) is 1.24. The molecule has 5 nitrogen and oxygen atoms in total. The van der Waals surface area contributed by atoms with E-state index in [0.717, 1.165) is 11.1 Å². The molecule has 5 heteroatoms. The second kappa shape index (κ2) is 4.14. The lowest BCUT2D eigenvalue weighted by atomic mass is 10.1. The van der Waals surface area contributed by atoms with Crippen molar-refractivity contribution < 1.29 is 9.32 Å². The molecular weight excluding hydrogens is 206 g/mol. The largest absolute Gasteiger partial charge is 0.352 e. The van der Waals surface area contributed by atoms with E-state index in [4.69, 9.17) is 4.52 Å². The van der Waals surface area contributed by atoms with Crippen LogP contribution in [0.5, 0.6) is 0 Å². The number of benzene rings is 1. The minimum absolute atomic E-state index is 0.0399. The van der Waals surface area contributed by atoms with Crippen molar-refractivity contribution in [1.29, 1.82) is 0 Å². The number of aromatic nitrogens is 2. The summed E-state index contributed by atoms with van der Waals surface area (Å²) in [5.74, 6) is 0.0267. The van der Waals surface area contributed by atoms with Gasteiger partial charge in [-0.25, -0.2) is 0 Å². The molecule has 0 saturated carbocycles. The number of nitrogens with one attached hydrogen (secondary N) is 1. The van der Waals surface area contributed by atoms with Gasteiger partial charge in [0.25, 0.3) is 17.6 Å². The van der Waals surface area contributed by atoms with Crippen LogP contribution in [0.4, 0.5) is 0 Å². The summed E-state index contributed by atoms with van der Waals surface area (Å²) in [5.41, 5.74) is 1.95. The summed E-state index contributed by atoms with van der Waals surface area (Å²) in [6, 6.07) is 7.63. The smallest absolute Gasteiger partial charge is 0.292 e. The molecule has 0 unspecified atom stereocenters. The van der Waals surface area contributed by atoms with E-state index in [1.54, 1.807) is 0 Å². The lowest BCUT2D eigenvalue weighted by Crippen LogP contribution is -2.19. The molecule has 0 aliphatic carbocycles. The van der Waals surface area contributed by atoms with Crippen molar-refractivity contribution >= 4 is 5.91 Å². The zero-order valence-corrected chi connectivity index (χ0v) is 9.02. The Balaban J connectivity index is 2.31. The number of carbonyl (C=O) groups is 1. The van der Waals surface area contributed by atoms with Crippen molar-refractivity contribution in [3.8, 4) is 11.5 Å². The topological polar surface area (TPSA) is 68.0 Å². The predicted molar refractivity (Wildman–Crippen MR) is 57.9 cm³/mol. The van der Waals surface area contributed by atoms with E-state index in [0.29, 0.717) is 5.89 Å². The van der Waals surface area contributed by atoms with Crippen LogP contribution in [0.1, 0.15) is 16.2 Å². The quantitative estimate of drug-likeness (QED) is 0.825. The van der Waals surface area contributed by atoms with Crippen LogP contribution in [0.2, 0.25) is 0 Å². The van der Waals surface area contributed by atoms with E-state index in [-0.39, 0.29) is 11.7 Å². The van der Waals surface area contributed by atoms with Gasteiger partial charge in [-0.15, -0.1) is 0 Å². The summed E-state index contributed by atoms with van der Waals surface area (Å²) in [7, 11) is 1.52. The third kappa shape index (κ3) is 1.93. The van der Waals surface area contributed by atoms with Crippen LogP contribution >= 0.6 is 0 Å². The molecule has 82 valence electrons. The van der Waals surface area contributed by atoms with Crippen molar-refractivity contribution in [2.24, 2.45) is 0 Å². The number of aryl methyl sites for hydroxylation is 1. The van der Waals surface area contributed by atoms with E-state index in [9.17, 15) is 4.79 Å². The van der Waals surface area contributed by atoms with Crippen molar-refractivity contribution in [1.82, 2.24) is 15.5 Å². The summed E-state index contributed by atoms with van der Waals surface area (Å²) in [6.45, 7) is 1.99. The Kier molecular flexibility index (Phi) is 2.68. The lowest BCUT2D eigenvalue weighted by Gasteiger charge is -1.94. The second-order valence-corrected chi connectivity index (χ2v) is 3.37. The summed E-state index contributed by atoms with van der Waals surface area (Å²) in [6.07, 6.45) is 0. The zero-order valence-electron chi connectivity index (χ0n) is 9.02. The molecular formula is C11H11N3O2. The van der Waals surface area contributed by atoms with Crippen molar-refractivity contribution in [2.75, 3.05) is 7.05 Å². The maximum atomic E-state index is 11.2. The minimum atomic E-state index is -0.359. The van der Waals surface area contributed by atoms with Crippen LogP contribution in [-0.4, -0.2) is 23.1 Å². The number of hydrogen-bond donors (Lipinski definition) is 1. The Hall–Kier alpha value is -2.17. The fraction of sp³-hybridized carbons (Fsp3) is 0.182. The van der Waals surface area contributed by atoms with Gasteiger partial charge in [0, 0.05) is 12.6 Å². The van der Waals surface area contributed by atoms with E-state index in [2.05, 4.69) is 15.5 Å². The van der Waals surface area contributed by atoms with Gasteiger partial charge in [-0.1, -0.05) is 22.9 Å². The molecule has 0 aliphatic heterocycles. The second-order valence-electron chi connectivity index (χ2n) is 3.37. The van der Waals surface area contributed by atoms with Crippen LogP contribution in [0.3, 0.4) is 0 Å². The Bertz CT molecular complexity index is 502. The Labute approximate surface area is 92.5 Å². The highest BCUT2D eigenvalue weighted by atomic mass is 16.5. The van der Waals surface area contributed by atoms with Crippen molar-refractivity contribution in [3.05, 3.63) is 35.7 Å². The number of hydrogen-bond acceptors (Lipinski definition) is 4. The molecule has 16 heavy (non-hydrogen) atoms. The molecule has 0 fully saturated rings. The third-order valence-corrected chi connectivity index (χ3v) is 2.15. The first-order chi connectivity index (χ1) is 7.70. The highest BCUT2D eigenvalue weighted by Gasteiger charge is 2.13. The monoisotopic (exact) mass is 217 g/mol. The molecule has 0 spiro atoms. The Morgan fingerprint density at radius 2 is 2.00 bits per heavy atom. The van der Waals surface area contributed by atoms with Gasteiger partial charge in [0.2, 0.25) is 0 Å². The van der Waals surface area contributed by atoms with Crippen LogP contribution in [0, 0.1) is 6.92 Å². The molecule has 1 N–H and O–H groups in total. The van der Waals surface area contributed by atoms with Gasteiger partial charge in [0.15, 0.2) is 0 Å². The summed E-state index contributed by atoms with van der Waals surface area (Å²) >= 11 is 0. The average Bonchev–Trinajstić information content (AvgIpc) is 2.78. The van der Waals surface area contributed by atoms with Gasteiger partial charge >= 0.3 is 0 Å². The standard InChI is InChI=1S/C11H11N3O2/c1-7-3-5-8(6-4-7)11-13-9(14-16-11)10(15)12-2/h3-6H,1-2H3,(H,12,15). The van der Waals surface area contributed by atoms with Gasteiger partial charge < -0.3 is 9.84 Å². The van der Waals surface area contributed by atoms with Gasteiger partial charge in [0.1, 0.15) is 0 Å². The van der Waals surface area contributed by atoms with E-state index in [1.807, 2.05) is 31.2 Å². The van der Waals surface area contributed by atoms with Crippen molar-refractivity contribution in [3.63, 3.8) is 0 Å². The minimum Gasteiger partial charge on any atom is -0.352 e. The fourth-order valence-corrected chi connectivity index (χ4v) is 1.24. The zero-order chi connectivity index (χ0) is 11.5. The molecule has 0 saturated heterocycles. The molecule has 2 aromatic rings. The summed E-state index contributed by atoms with van der Waals surface area (Å²) < 4.78 is 4.99. The molecule has 1 aromatic carbocycles. The molecule has 1 amide bonds. The molecule has 1 heterocycles. The first-order valence-corrected chi connectivity index (χ1v) is 4.83. The Morgan fingerprint density at radius 1 is 1.31 bits per heavy atom. The summed E-state index contributed by atoms with van der Waals surface area (Å²) in [4.78, 5) is 15.2. The highest BCUT2D eigenvalue weighted by Crippen LogP contribution is 2.17. The van der Waals surface area contributed by atoms with Gasteiger partial charge in [-0.3, -0.25) is 4.79 Å². The van der Waals surface area contributed by atoms with Crippen LogP contribution in [0.15, 0.2) is 28.8 Å². The maximum absolute atomic E-state index is 11.2.